The van der Waals surface area contributed by atoms with Gasteiger partial charge in [0.1, 0.15) is 0 Å². The van der Waals surface area contributed by atoms with Crippen molar-refractivity contribution in [3.63, 3.8) is 0 Å². The van der Waals surface area contributed by atoms with Crippen LogP contribution in [-0.4, -0.2) is 29.6 Å². The van der Waals surface area contributed by atoms with Crippen LogP contribution in [0.3, 0.4) is 0 Å². The average molecular weight is 303 g/mol. The van der Waals surface area contributed by atoms with Crippen molar-refractivity contribution in [2.75, 3.05) is 24.7 Å². The lowest BCUT2D eigenvalue weighted by molar-refractivity contribution is 0.743. The molecule has 0 radical (unpaired) electrons. The molecular weight excluding hydrogens is 278 g/mol. The minimum atomic E-state index is 1.16. The van der Waals surface area contributed by atoms with E-state index in [-0.39, 0.29) is 0 Å². The standard InChI is InChI=1S/C15H19N3S.C2H6/c1-17-6-4-5-11-7-13(12-9-16-18(2)10-12)15(19-3)8-14(11)17;1-2/h7-10H,4-6H2,1-3H3;1-2H3. The number of thioether (sulfide) groups is 1. The largest absolute Gasteiger partial charge is 0.374 e. The minimum absolute atomic E-state index is 1.16. The van der Waals surface area contributed by atoms with Crippen LogP contribution in [0.5, 0.6) is 0 Å². The van der Waals surface area contributed by atoms with Gasteiger partial charge in [-0.3, -0.25) is 4.68 Å². The van der Waals surface area contributed by atoms with Crippen LogP contribution < -0.4 is 4.90 Å². The molecule has 0 amide bonds. The van der Waals surface area contributed by atoms with Crippen LogP contribution in [0.2, 0.25) is 0 Å². The molecule has 1 aliphatic heterocycles. The van der Waals surface area contributed by atoms with E-state index >= 15 is 0 Å². The van der Waals surface area contributed by atoms with Gasteiger partial charge in [0, 0.05) is 43.0 Å². The Bertz CT molecular complexity index is 604. The normalized spacial score (nSPS) is 13.5. The molecule has 0 saturated carbocycles. The second kappa shape index (κ2) is 7.03. The molecule has 3 nitrogen and oxygen atoms in total. The molecule has 0 spiro atoms. The highest BCUT2D eigenvalue weighted by molar-refractivity contribution is 7.98. The molecule has 0 atom stereocenters. The van der Waals surface area contributed by atoms with E-state index in [2.05, 4.69) is 41.6 Å². The van der Waals surface area contributed by atoms with E-state index in [1.807, 2.05) is 43.5 Å². The number of anilines is 1. The Hall–Kier alpha value is -1.42. The number of rotatable bonds is 2. The highest BCUT2D eigenvalue weighted by Crippen LogP contribution is 2.37. The third-order valence-corrected chi connectivity index (χ3v) is 4.55. The van der Waals surface area contributed by atoms with Gasteiger partial charge in [-0.1, -0.05) is 13.8 Å². The van der Waals surface area contributed by atoms with Crippen molar-refractivity contribution in [1.29, 1.82) is 0 Å². The molecule has 0 saturated heterocycles. The number of benzene rings is 1. The first-order valence-corrected chi connectivity index (χ1v) is 8.82. The zero-order chi connectivity index (χ0) is 15.4. The summed E-state index contributed by atoms with van der Waals surface area (Å²) >= 11 is 1.81. The first kappa shape index (κ1) is 16.0. The molecule has 0 N–H and O–H groups in total. The quantitative estimate of drug-likeness (QED) is 0.775. The second-order valence-electron chi connectivity index (χ2n) is 5.11. The number of hydrogen-bond donors (Lipinski definition) is 0. The molecule has 3 rings (SSSR count). The van der Waals surface area contributed by atoms with Crippen molar-refractivity contribution in [2.24, 2.45) is 7.05 Å². The fourth-order valence-electron chi connectivity index (χ4n) is 2.75. The van der Waals surface area contributed by atoms with Gasteiger partial charge in [-0.15, -0.1) is 11.8 Å². The number of hydrogen-bond acceptors (Lipinski definition) is 3. The summed E-state index contributed by atoms with van der Waals surface area (Å²) in [6.07, 6.45) is 8.61. The molecule has 4 heteroatoms. The molecule has 2 heterocycles. The molecule has 114 valence electrons. The van der Waals surface area contributed by atoms with E-state index in [1.54, 1.807) is 0 Å². The van der Waals surface area contributed by atoms with E-state index in [0.717, 1.165) is 6.54 Å². The Balaban J connectivity index is 0.000000774. The van der Waals surface area contributed by atoms with E-state index < -0.39 is 0 Å². The van der Waals surface area contributed by atoms with Gasteiger partial charge in [0.25, 0.3) is 0 Å². The number of fused-ring (bicyclic) bond motifs is 1. The van der Waals surface area contributed by atoms with Crippen molar-refractivity contribution < 1.29 is 0 Å². The van der Waals surface area contributed by atoms with Gasteiger partial charge < -0.3 is 4.90 Å². The van der Waals surface area contributed by atoms with Gasteiger partial charge in [-0.25, -0.2) is 0 Å². The van der Waals surface area contributed by atoms with Crippen LogP contribution in [0, 0.1) is 0 Å². The predicted octanol–water partition coefficient (Wildman–Crippen LogP) is 4.22. The smallest absolute Gasteiger partial charge is 0.0568 e. The summed E-state index contributed by atoms with van der Waals surface area (Å²) in [6, 6.07) is 4.69. The van der Waals surface area contributed by atoms with E-state index in [4.69, 9.17) is 0 Å². The monoisotopic (exact) mass is 303 g/mol. The maximum atomic E-state index is 4.29. The molecule has 0 unspecified atom stereocenters. The Morgan fingerprint density at radius 3 is 2.57 bits per heavy atom. The third-order valence-electron chi connectivity index (χ3n) is 3.77. The lowest BCUT2D eigenvalue weighted by Gasteiger charge is -2.28. The molecule has 2 aromatic rings. The lowest BCUT2D eigenvalue weighted by Crippen LogP contribution is -2.24. The topological polar surface area (TPSA) is 21.1 Å². The van der Waals surface area contributed by atoms with Crippen molar-refractivity contribution in [2.45, 2.75) is 31.6 Å². The van der Waals surface area contributed by atoms with Gasteiger partial charge in [0.2, 0.25) is 0 Å². The average Bonchev–Trinajstić information content (AvgIpc) is 2.95. The van der Waals surface area contributed by atoms with Crippen LogP contribution in [0.1, 0.15) is 25.8 Å². The summed E-state index contributed by atoms with van der Waals surface area (Å²) in [4.78, 5) is 3.70. The molecular formula is C17H25N3S. The highest BCUT2D eigenvalue weighted by Gasteiger charge is 2.17. The molecule has 0 aliphatic carbocycles. The van der Waals surface area contributed by atoms with Crippen LogP contribution >= 0.6 is 11.8 Å². The van der Waals surface area contributed by atoms with Crippen molar-refractivity contribution in [3.8, 4) is 11.1 Å². The van der Waals surface area contributed by atoms with Gasteiger partial charge in [-0.2, -0.15) is 5.10 Å². The summed E-state index contributed by atoms with van der Waals surface area (Å²) in [6.45, 7) is 5.16. The minimum Gasteiger partial charge on any atom is -0.374 e. The Morgan fingerprint density at radius 2 is 1.95 bits per heavy atom. The van der Waals surface area contributed by atoms with Gasteiger partial charge >= 0.3 is 0 Å². The summed E-state index contributed by atoms with van der Waals surface area (Å²) in [5.74, 6) is 0. The molecule has 0 bridgehead atoms. The molecule has 21 heavy (non-hydrogen) atoms. The number of nitrogens with zero attached hydrogens (tertiary/aromatic N) is 3. The van der Waals surface area contributed by atoms with Crippen molar-refractivity contribution in [3.05, 3.63) is 30.1 Å². The van der Waals surface area contributed by atoms with Gasteiger partial charge in [0.05, 0.1) is 6.20 Å². The Morgan fingerprint density at radius 1 is 1.19 bits per heavy atom. The SMILES string of the molecule is CC.CSc1cc2c(cc1-c1cnn(C)c1)CCCN2C. The maximum Gasteiger partial charge on any atom is 0.0568 e. The highest BCUT2D eigenvalue weighted by atomic mass is 32.2. The van der Waals surface area contributed by atoms with Crippen LogP contribution in [0.15, 0.2) is 29.4 Å². The molecule has 1 aromatic carbocycles. The predicted molar refractivity (Wildman–Crippen MR) is 93.4 cm³/mol. The van der Waals surface area contributed by atoms with Crippen molar-refractivity contribution >= 4 is 17.4 Å². The lowest BCUT2D eigenvalue weighted by atomic mass is 9.97. The first-order valence-electron chi connectivity index (χ1n) is 7.60. The second-order valence-corrected chi connectivity index (χ2v) is 5.96. The first-order chi connectivity index (χ1) is 10.2. The summed E-state index contributed by atoms with van der Waals surface area (Å²) in [5, 5.41) is 4.29. The fourth-order valence-corrected chi connectivity index (χ4v) is 3.38. The van der Waals surface area contributed by atoms with Crippen LogP contribution in [0.25, 0.3) is 11.1 Å². The molecule has 1 aliphatic rings. The van der Waals surface area contributed by atoms with E-state index in [1.165, 1.54) is 40.1 Å². The fraction of sp³-hybridized carbons (Fsp3) is 0.471. The molecule has 0 fully saturated rings. The van der Waals surface area contributed by atoms with Gasteiger partial charge in [-0.05, 0) is 42.4 Å². The zero-order valence-corrected chi connectivity index (χ0v) is 14.5. The number of aryl methyl sites for hydroxylation is 2. The van der Waals surface area contributed by atoms with Gasteiger partial charge in [0.15, 0.2) is 0 Å². The molecule has 1 aromatic heterocycles. The summed E-state index contributed by atoms with van der Waals surface area (Å²) < 4.78 is 1.87. The van der Waals surface area contributed by atoms with Crippen LogP contribution in [-0.2, 0) is 13.5 Å². The third kappa shape index (κ3) is 3.26. The van der Waals surface area contributed by atoms with E-state index in [9.17, 15) is 0 Å². The van der Waals surface area contributed by atoms with Crippen LogP contribution in [0.4, 0.5) is 5.69 Å². The Labute approximate surface area is 132 Å². The maximum absolute atomic E-state index is 4.29. The zero-order valence-electron chi connectivity index (χ0n) is 13.7. The van der Waals surface area contributed by atoms with E-state index in [0.29, 0.717) is 0 Å². The number of aromatic nitrogens is 2. The summed E-state index contributed by atoms with van der Waals surface area (Å²) in [7, 11) is 4.15. The summed E-state index contributed by atoms with van der Waals surface area (Å²) in [5.41, 5.74) is 5.38. The van der Waals surface area contributed by atoms with Crippen molar-refractivity contribution in [1.82, 2.24) is 9.78 Å². The Kier molecular flexibility index (Phi) is 5.34.